The Balaban J connectivity index is 2.30. The highest BCUT2D eigenvalue weighted by atomic mass is 79.9. The summed E-state index contributed by atoms with van der Waals surface area (Å²) in [7, 11) is -1.50. The third-order valence-corrected chi connectivity index (χ3v) is 6.22. The van der Waals surface area contributed by atoms with Gasteiger partial charge in [0.2, 0.25) is 10.0 Å². The molecule has 0 aromatic heterocycles. The lowest BCUT2D eigenvalue weighted by molar-refractivity contribution is 0.464. The van der Waals surface area contributed by atoms with E-state index in [0.29, 0.717) is 28.4 Å². The van der Waals surface area contributed by atoms with Crippen LogP contribution < -0.4 is 5.32 Å². The van der Waals surface area contributed by atoms with E-state index < -0.39 is 10.0 Å². The molecule has 0 bridgehead atoms. The SMILES string of the molecule is CNCc1ccc(S(=O)(=O)N2CCC(C)C2)c(Br)c1. The molecule has 0 aliphatic carbocycles. The first-order chi connectivity index (χ1) is 8.95. The molecule has 0 radical (unpaired) electrons. The van der Waals surface area contributed by atoms with Crippen LogP contribution in [0.5, 0.6) is 0 Å². The minimum Gasteiger partial charge on any atom is -0.316 e. The fourth-order valence-electron chi connectivity index (χ4n) is 2.32. The van der Waals surface area contributed by atoms with Crippen LogP contribution in [0.3, 0.4) is 0 Å². The Morgan fingerprint density at radius 1 is 1.47 bits per heavy atom. The van der Waals surface area contributed by atoms with Crippen molar-refractivity contribution in [2.24, 2.45) is 5.92 Å². The monoisotopic (exact) mass is 346 g/mol. The van der Waals surface area contributed by atoms with Crippen molar-refractivity contribution in [1.29, 1.82) is 0 Å². The molecule has 0 amide bonds. The second-order valence-electron chi connectivity index (χ2n) is 5.05. The molecule has 1 atom stereocenters. The zero-order chi connectivity index (χ0) is 14.0. The highest BCUT2D eigenvalue weighted by Gasteiger charge is 2.31. The number of hydrogen-bond acceptors (Lipinski definition) is 3. The number of rotatable bonds is 4. The van der Waals surface area contributed by atoms with Gasteiger partial charge in [0.05, 0.1) is 4.90 Å². The van der Waals surface area contributed by atoms with Gasteiger partial charge in [-0.05, 0) is 53.0 Å². The average molecular weight is 347 g/mol. The van der Waals surface area contributed by atoms with Gasteiger partial charge in [-0.3, -0.25) is 0 Å². The number of nitrogens with one attached hydrogen (secondary N) is 1. The fraction of sp³-hybridized carbons (Fsp3) is 0.538. The molecule has 1 aliphatic heterocycles. The normalized spacial score (nSPS) is 20.9. The number of hydrogen-bond donors (Lipinski definition) is 1. The number of benzene rings is 1. The van der Waals surface area contributed by atoms with Gasteiger partial charge in [0.25, 0.3) is 0 Å². The van der Waals surface area contributed by atoms with Gasteiger partial charge in [0, 0.05) is 24.1 Å². The molecule has 1 aliphatic rings. The summed E-state index contributed by atoms with van der Waals surface area (Å²) < 4.78 is 27.3. The molecule has 106 valence electrons. The summed E-state index contributed by atoms with van der Waals surface area (Å²) in [5.41, 5.74) is 1.06. The minimum atomic E-state index is -3.37. The Bertz CT molecular complexity index is 560. The van der Waals surface area contributed by atoms with Crippen molar-refractivity contribution < 1.29 is 8.42 Å². The van der Waals surface area contributed by atoms with Crippen molar-refractivity contribution in [3.63, 3.8) is 0 Å². The Hall–Kier alpha value is -0.430. The predicted molar refractivity (Wildman–Crippen MR) is 79.4 cm³/mol. The smallest absolute Gasteiger partial charge is 0.244 e. The molecule has 0 saturated carbocycles. The number of nitrogens with zero attached hydrogens (tertiary/aromatic N) is 1. The van der Waals surface area contributed by atoms with Crippen LogP contribution >= 0.6 is 15.9 Å². The van der Waals surface area contributed by atoms with E-state index in [1.165, 1.54) is 0 Å². The van der Waals surface area contributed by atoms with Crippen molar-refractivity contribution in [3.8, 4) is 0 Å². The van der Waals surface area contributed by atoms with Crippen LogP contribution in [0.25, 0.3) is 0 Å². The third kappa shape index (κ3) is 3.18. The molecule has 1 heterocycles. The second-order valence-corrected chi connectivity index (χ2v) is 7.81. The van der Waals surface area contributed by atoms with Crippen molar-refractivity contribution >= 4 is 26.0 Å². The molecule has 4 nitrogen and oxygen atoms in total. The Morgan fingerprint density at radius 3 is 2.74 bits per heavy atom. The minimum absolute atomic E-state index is 0.362. The van der Waals surface area contributed by atoms with E-state index in [1.807, 2.05) is 19.2 Å². The fourth-order valence-corrected chi connectivity index (χ4v) is 4.98. The van der Waals surface area contributed by atoms with Crippen LogP contribution in [0.1, 0.15) is 18.9 Å². The maximum absolute atomic E-state index is 12.6. The first-order valence-electron chi connectivity index (χ1n) is 6.38. The largest absolute Gasteiger partial charge is 0.316 e. The van der Waals surface area contributed by atoms with E-state index in [4.69, 9.17) is 0 Å². The summed E-state index contributed by atoms with van der Waals surface area (Å²) in [4.78, 5) is 0.362. The van der Waals surface area contributed by atoms with Crippen molar-refractivity contribution in [2.75, 3.05) is 20.1 Å². The molecule has 2 rings (SSSR count). The van der Waals surface area contributed by atoms with Gasteiger partial charge in [-0.25, -0.2) is 8.42 Å². The average Bonchev–Trinajstić information content (AvgIpc) is 2.77. The van der Waals surface area contributed by atoms with Gasteiger partial charge >= 0.3 is 0 Å². The Labute approximate surface area is 123 Å². The van der Waals surface area contributed by atoms with Crippen LogP contribution in [0.15, 0.2) is 27.6 Å². The molecular formula is C13H19BrN2O2S. The highest BCUT2D eigenvalue weighted by Crippen LogP contribution is 2.29. The zero-order valence-electron chi connectivity index (χ0n) is 11.2. The Morgan fingerprint density at radius 2 is 2.21 bits per heavy atom. The van der Waals surface area contributed by atoms with Crippen LogP contribution in [0, 0.1) is 5.92 Å². The molecular weight excluding hydrogens is 328 g/mol. The van der Waals surface area contributed by atoms with E-state index in [1.54, 1.807) is 10.4 Å². The summed E-state index contributed by atoms with van der Waals surface area (Å²) in [6.07, 6.45) is 0.939. The van der Waals surface area contributed by atoms with E-state index in [-0.39, 0.29) is 0 Å². The van der Waals surface area contributed by atoms with Gasteiger partial charge in [0.15, 0.2) is 0 Å². The summed E-state index contributed by atoms with van der Waals surface area (Å²) in [5, 5.41) is 3.05. The molecule has 19 heavy (non-hydrogen) atoms. The first-order valence-corrected chi connectivity index (χ1v) is 8.61. The van der Waals surface area contributed by atoms with Gasteiger partial charge in [-0.2, -0.15) is 4.31 Å². The van der Waals surface area contributed by atoms with Crippen molar-refractivity contribution in [2.45, 2.75) is 24.8 Å². The van der Waals surface area contributed by atoms with Crippen LogP contribution in [0.4, 0.5) is 0 Å². The maximum Gasteiger partial charge on any atom is 0.244 e. The molecule has 1 unspecified atom stereocenters. The van der Waals surface area contributed by atoms with E-state index in [0.717, 1.165) is 18.5 Å². The Kier molecular flexibility index (Phi) is 4.66. The number of halogens is 1. The van der Waals surface area contributed by atoms with Crippen LogP contribution in [-0.2, 0) is 16.6 Å². The zero-order valence-corrected chi connectivity index (χ0v) is 13.6. The molecule has 6 heteroatoms. The van der Waals surface area contributed by atoms with Crippen molar-refractivity contribution in [3.05, 3.63) is 28.2 Å². The molecule has 1 saturated heterocycles. The van der Waals surface area contributed by atoms with Gasteiger partial charge in [-0.15, -0.1) is 0 Å². The lowest BCUT2D eigenvalue weighted by atomic mass is 10.2. The van der Waals surface area contributed by atoms with Crippen LogP contribution in [0.2, 0.25) is 0 Å². The summed E-state index contributed by atoms with van der Waals surface area (Å²) in [6.45, 7) is 4.04. The standard InChI is InChI=1S/C13H19BrN2O2S/c1-10-5-6-16(9-10)19(17,18)13-4-3-11(8-15-2)7-12(13)14/h3-4,7,10,15H,5-6,8-9H2,1-2H3. The lowest BCUT2D eigenvalue weighted by Crippen LogP contribution is -2.29. The van der Waals surface area contributed by atoms with Gasteiger partial charge in [-0.1, -0.05) is 13.0 Å². The summed E-state index contributed by atoms with van der Waals surface area (Å²) in [5.74, 6) is 0.442. The second kappa shape index (κ2) is 5.91. The predicted octanol–water partition coefficient (Wildman–Crippen LogP) is 2.20. The van der Waals surface area contributed by atoms with Gasteiger partial charge in [0.1, 0.15) is 0 Å². The third-order valence-electron chi connectivity index (χ3n) is 3.38. The molecule has 1 aromatic rings. The molecule has 1 N–H and O–H groups in total. The quantitative estimate of drug-likeness (QED) is 0.909. The number of sulfonamides is 1. The van der Waals surface area contributed by atoms with Gasteiger partial charge < -0.3 is 5.32 Å². The van der Waals surface area contributed by atoms with Crippen molar-refractivity contribution in [1.82, 2.24) is 9.62 Å². The topological polar surface area (TPSA) is 49.4 Å². The van der Waals surface area contributed by atoms with E-state index >= 15 is 0 Å². The maximum atomic E-state index is 12.6. The first kappa shape index (κ1) is 15.0. The molecule has 1 fully saturated rings. The molecule has 1 aromatic carbocycles. The van der Waals surface area contributed by atoms with Crippen LogP contribution in [-0.4, -0.2) is 32.9 Å². The van der Waals surface area contributed by atoms with E-state index in [2.05, 4.69) is 28.2 Å². The van der Waals surface area contributed by atoms with E-state index in [9.17, 15) is 8.42 Å². The summed E-state index contributed by atoms with van der Waals surface area (Å²) >= 11 is 3.38. The highest BCUT2D eigenvalue weighted by molar-refractivity contribution is 9.10. The lowest BCUT2D eigenvalue weighted by Gasteiger charge is -2.17. The molecule has 0 spiro atoms. The summed E-state index contributed by atoms with van der Waals surface area (Å²) in [6, 6.07) is 5.41.